The Hall–Kier alpha value is -1.26. The molecule has 0 aliphatic heterocycles. The number of aliphatic hydroxyl groups is 1. The second kappa shape index (κ2) is 6.26. The molecule has 0 radical (unpaired) electrons. The molecule has 1 aromatic carbocycles. The van der Waals surface area contributed by atoms with Crippen LogP contribution in [0, 0.1) is 5.41 Å². The number of benzene rings is 1. The van der Waals surface area contributed by atoms with Crippen LogP contribution in [0.25, 0.3) is 0 Å². The number of hydrogen-bond donors (Lipinski definition) is 3. The zero-order valence-corrected chi connectivity index (χ0v) is 12.2. The molecule has 0 spiro atoms. The second-order valence-electron chi connectivity index (χ2n) is 5.79. The topological polar surface area (TPSA) is 69.6 Å². The Morgan fingerprint density at radius 1 is 1.42 bits per heavy atom. The Morgan fingerprint density at radius 3 is 2.58 bits per heavy atom. The van der Waals surface area contributed by atoms with Crippen LogP contribution in [-0.2, 0) is 0 Å². The molecule has 0 saturated carbocycles. The Labute approximate surface area is 118 Å². The molecule has 0 bridgehead atoms. The van der Waals surface area contributed by atoms with E-state index in [1.807, 2.05) is 20.8 Å². The summed E-state index contributed by atoms with van der Waals surface area (Å²) in [6.45, 7) is 6.43. The van der Waals surface area contributed by atoms with Gasteiger partial charge in [-0.05, 0) is 30.0 Å². The number of carboxylic acids is 1. The van der Waals surface area contributed by atoms with E-state index in [-0.39, 0.29) is 11.0 Å². The number of carboxylic acid groups (broad SMARTS) is 1. The number of aromatic carboxylic acids is 1. The summed E-state index contributed by atoms with van der Waals surface area (Å²) < 4.78 is 0. The zero-order valence-electron chi connectivity index (χ0n) is 11.4. The summed E-state index contributed by atoms with van der Waals surface area (Å²) in [4.78, 5) is 11.1. The average molecular weight is 286 g/mol. The van der Waals surface area contributed by atoms with Crippen LogP contribution in [0.2, 0.25) is 5.02 Å². The van der Waals surface area contributed by atoms with Crippen LogP contribution in [0.3, 0.4) is 0 Å². The molecule has 19 heavy (non-hydrogen) atoms. The van der Waals surface area contributed by atoms with Gasteiger partial charge in [0, 0.05) is 17.3 Å². The highest BCUT2D eigenvalue weighted by Crippen LogP contribution is 2.23. The molecule has 1 unspecified atom stereocenters. The molecule has 0 fully saturated rings. The van der Waals surface area contributed by atoms with Gasteiger partial charge in [-0.25, -0.2) is 4.79 Å². The first-order chi connectivity index (χ1) is 8.69. The number of nitrogens with one attached hydrogen (secondary N) is 1. The maximum atomic E-state index is 11.1. The summed E-state index contributed by atoms with van der Waals surface area (Å²) in [5, 5.41) is 22.3. The van der Waals surface area contributed by atoms with Crippen LogP contribution in [0.1, 0.15) is 37.6 Å². The molecule has 1 rings (SSSR count). The van der Waals surface area contributed by atoms with Crippen molar-refractivity contribution in [2.24, 2.45) is 5.41 Å². The molecule has 5 heteroatoms. The summed E-state index contributed by atoms with van der Waals surface area (Å²) in [6.07, 6.45) is 0.105. The van der Waals surface area contributed by atoms with E-state index in [0.717, 1.165) is 0 Å². The average Bonchev–Trinajstić information content (AvgIpc) is 2.24. The van der Waals surface area contributed by atoms with Crippen molar-refractivity contribution in [3.63, 3.8) is 0 Å². The second-order valence-corrected chi connectivity index (χ2v) is 6.23. The fourth-order valence-electron chi connectivity index (χ4n) is 1.85. The first-order valence-electron chi connectivity index (χ1n) is 6.14. The molecule has 1 aromatic rings. The van der Waals surface area contributed by atoms with Gasteiger partial charge < -0.3 is 15.5 Å². The predicted octanol–water partition coefficient (Wildman–Crippen LogP) is 3.25. The van der Waals surface area contributed by atoms with Gasteiger partial charge in [0.05, 0.1) is 11.7 Å². The number of hydrogen-bond acceptors (Lipinski definition) is 3. The van der Waals surface area contributed by atoms with Gasteiger partial charge in [-0.2, -0.15) is 0 Å². The lowest BCUT2D eigenvalue weighted by molar-refractivity contribution is 0.0697. The number of carbonyl (C=O) groups is 1. The minimum Gasteiger partial charge on any atom is -0.478 e. The van der Waals surface area contributed by atoms with Crippen molar-refractivity contribution >= 4 is 23.3 Å². The Morgan fingerprint density at radius 2 is 2.05 bits per heavy atom. The van der Waals surface area contributed by atoms with Crippen molar-refractivity contribution < 1.29 is 15.0 Å². The molecular formula is C14H20ClNO3. The molecule has 0 heterocycles. The van der Waals surface area contributed by atoms with E-state index in [1.165, 1.54) is 6.07 Å². The molecule has 4 nitrogen and oxygen atoms in total. The van der Waals surface area contributed by atoms with Gasteiger partial charge in [0.2, 0.25) is 0 Å². The van der Waals surface area contributed by atoms with E-state index < -0.39 is 12.1 Å². The summed E-state index contributed by atoms with van der Waals surface area (Å²) >= 11 is 5.77. The molecule has 3 N–H and O–H groups in total. The standard InChI is InChI=1S/C14H20ClNO3/c1-14(2,3)7-10(17)8-16-12-5-4-9(15)6-11(12)13(18)19/h4-6,10,16-17H,7-8H2,1-3H3,(H,18,19). The highest BCUT2D eigenvalue weighted by molar-refractivity contribution is 6.31. The summed E-state index contributed by atoms with van der Waals surface area (Å²) in [5.74, 6) is -1.05. The predicted molar refractivity (Wildman–Crippen MR) is 77.0 cm³/mol. The van der Waals surface area contributed by atoms with Gasteiger partial charge in [0.15, 0.2) is 0 Å². The molecule has 1 atom stereocenters. The Kier molecular flexibility index (Phi) is 5.20. The smallest absolute Gasteiger partial charge is 0.337 e. The lowest BCUT2D eigenvalue weighted by atomic mass is 9.89. The minimum absolute atomic E-state index is 0.0245. The van der Waals surface area contributed by atoms with Gasteiger partial charge >= 0.3 is 5.97 Å². The highest BCUT2D eigenvalue weighted by Gasteiger charge is 2.17. The molecule has 106 valence electrons. The molecule has 0 saturated heterocycles. The minimum atomic E-state index is -1.05. The lowest BCUT2D eigenvalue weighted by Crippen LogP contribution is -2.25. The Bertz CT molecular complexity index is 454. The normalized spacial score (nSPS) is 13.1. The van der Waals surface area contributed by atoms with Gasteiger partial charge in [-0.1, -0.05) is 32.4 Å². The quantitative estimate of drug-likeness (QED) is 0.777. The first kappa shape index (κ1) is 15.8. The summed E-state index contributed by atoms with van der Waals surface area (Å²) in [5.41, 5.74) is 0.594. The zero-order chi connectivity index (χ0) is 14.6. The van der Waals surface area contributed by atoms with Crippen molar-refractivity contribution in [1.82, 2.24) is 0 Å². The highest BCUT2D eigenvalue weighted by atomic mass is 35.5. The van der Waals surface area contributed by atoms with Gasteiger partial charge in [-0.15, -0.1) is 0 Å². The van der Waals surface area contributed by atoms with Crippen molar-refractivity contribution in [1.29, 1.82) is 0 Å². The monoisotopic (exact) mass is 285 g/mol. The third-order valence-corrected chi connectivity index (χ3v) is 2.82. The first-order valence-corrected chi connectivity index (χ1v) is 6.51. The van der Waals surface area contributed by atoms with Crippen LogP contribution in [0.15, 0.2) is 18.2 Å². The van der Waals surface area contributed by atoms with E-state index in [1.54, 1.807) is 12.1 Å². The van der Waals surface area contributed by atoms with Gasteiger partial charge in [-0.3, -0.25) is 0 Å². The third kappa shape index (κ3) is 5.49. The largest absolute Gasteiger partial charge is 0.478 e. The summed E-state index contributed by atoms with van der Waals surface area (Å²) in [6, 6.07) is 4.62. The number of anilines is 1. The number of aliphatic hydroxyl groups excluding tert-OH is 1. The van der Waals surface area contributed by atoms with Crippen LogP contribution >= 0.6 is 11.6 Å². The van der Waals surface area contributed by atoms with Crippen LogP contribution in [-0.4, -0.2) is 28.8 Å². The summed E-state index contributed by atoms with van der Waals surface area (Å²) in [7, 11) is 0. The van der Waals surface area contributed by atoms with Crippen LogP contribution in [0.5, 0.6) is 0 Å². The number of rotatable bonds is 5. The fourth-order valence-corrected chi connectivity index (χ4v) is 2.03. The van der Waals surface area contributed by atoms with E-state index in [0.29, 0.717) is 23.7 Å². The SMILES string of the molecule is CC(C)(C)CC(O)CNc1ccc(Cl)cc1C(=O)O. The molecule has 0 aliphatic carbocycles. The maximum absolute atomic E-state index is 11.1. The molecule has 0 aliphatic rings. The Balaban J connectivity index is 2.70. The van der Waals surface area contributed by atoms with Gasteiger partial charge in [0.1, 0.15) is 0 Å². The van der Waals surface area contributed by atoms with Crippen molar-refractivity contribution in [3.8, 4) is 0 Å². The third-order valence-electron chi connectivity index (χ3n) is 2.59. The van der Waals surface area contributed by atoms with E-state index >= 15 is 0 Å². The van der Waals surface area contributed by atoms with Crippen molar-refractivity contribution in [2.45, 2.75) is 33.3 Å². The van der Waals surface area contributed by atoms with Crippen LogP contribution in [0.4, 0.5) is 5.69 Å². The molecule has 0 amide bonds. The van der Waals surface area contributed by atoms with Crippen LogP contribution < -0.4 is 5.32 Å². The lowest BCUT2D eigenvalue weighted by Gasteiger charge is -2.23. The fraction of sp³-hybridized carbons (Fsp3) is 0.500. The van der Waals surface area contributed by atoms with Gasteiger partial charge in [0.25, 0.3) is 0 Å². The van der Waals surface area contributed by atoms with Crippen molar-refractivity contribution in [2.75, 3.05) is 11.9 Å². The number of halogens is 1. The molecular weight excluding hydrogens is 266 g/mol. The van der Waals surface area contributed by atoms with Crippen molar-refractivity contribution in [3.05, 3.63) is 28.8 Å². The van der Waals surface area contributed by atoms with E-state index in [2.05, 4.69) is 5.32 Å². The van der Waals surface area contributed by atoms with E-state index in [4.69, 9.17) is 16.7 Å². The molecule has 0 aromatic heterocycles. The van der Waals surface area contributed by atoms with E-state index in [9.17, 15) is 9.90 Å². The maximum Gasteiger partial charge on any atom is 0.337 e.